The van der Waals surface area contributed by atoms with E-state index in [1.165, 1.54) is 6.08 Å². The van der Waals surface area contributed by atoms with Gasteiger partial charge in [-0.25, -0.2) is 0 Å². The molecule has 0 atom stereocenters. The molecule has 0 rings (SSSR count). The molecule has 10 heavy (non-hydrogen) atoms. The Bertz CT molecular complexity index is 182. The van der Waals surface area contributed by atoms with E-state index in [2.05, 4.69) is 0 Å². The van der Waals surface area contributed by atoms with Gasteiger partial charge in [0.05, 0.1) is 6.07 Å². The van der Waals surface area contributed by atoms with E-state index in [0.29, 0.717) is 0 Å². The van der Waals surface area contributed by atoms with E-state index in [9.17, 15) is 0 Å². The van der Waals surface area contributed by atoms with Crippen LogP contribution in [0.25, 0.3) is 0 Å². The molecule has 0 saturated heterocycles. The van der Waals surface area contributed by atoms with Gasteiger partial charge in [0, 0.05) is 26.4 Å². The second kappa shape index (κ2) is 4.63. The molecule has 0 bridgehead atoms. The predicted octanol–water partition coefficient (Wildman–Crippen LogP) is 1.53. The highest BCUT2D eigenvalue weighted by molar-refractivity contribution is 5.20. The van der Waals surface area contributed by atoms with Crippen molar-refractivity contribution < 1.29 is 0 Å². The fraction of sp³-hybridized carbons (Fsp3) is 0.375. The molecule has 54 valence electrons. The summed E-state index contributed by atoms with van der Waals surface area (Å²) in [6, 6.07) is 1.93. The molecule has 0 aromatic rings. The van der Waals surface area contributed by atoms with Crippen LogP contribution in [0.5, 0.6) is 0 Å². The summed E-state index contributed by atoms with van der Waals surface area (Å²) >= 11 is 0. The van der Waals surface area contributed by atoms with E-state index in [0.717, 1.165) is 5.57 Å². The molecule has 0 aliphatic carbocycles. The van der Waals surface area contributed by atoms with Gasteiger partial charge in [0.2, 0.25) is 0 Å². The Hall–Kier alpha value is -1.23. The number of rotatable bonds is 2. The zero-order valence-electron chi connectivity index (χ0n) is 6.63. The standard InChI is InChI=1S/C8H12N2/c1-8(5-4-6-9)7-10(2)3/h4-5,7H,1-3H3. The highest BCUT2D eigenvalue weighted by Crippen LogP contribution is 1.94. The molecule has 0 amide bonds. The van der Waals surface area contributed by atoms with Crippen molar-refractivity contribution in [2.75, 3.05) is 14.1 Å². The number of hydrogen-bond acceptors (Lipinski definition) is 2. The molecule has 0 aromatic carbocycles. The predicted molar refractivity (Wildman–Crippen MR) is 42.2 cm³/mol. The van der Waals surface area contributed by atoms with E-state index >= 15 is 0 Å². The summed E-state index contributed by atoms with van der Waals surface area (Å²) in [7, 11) is 3.90. The van der Waals surface area contributed by atoms with Crippen molar-refractivity contribution in [2.45, 2.75) is 6.92 Å². The SMILES string of the molecule is CC(C=CC#N)=CN(C)C. The van der Waals surface area contributed by atoms with Crippen LogP contribution in [0.4, 0.5) is 0 Å². The molecular formula is C8H12N2. The van der Waals surface area contributed by atoms with Gasteiger partial charge in [-0.2, -0.15) is 5.26 Å². The molecule has 0 saturated carbocycles. The molecule has 0 unspecified atom stereocenters. The topological polar surface area (TPSA) is 27.0 Å². The molecule has 0 aromatic heterocycles. The molecule has 0 radical (unpaired) electrons. The van der Waals surface area contributed by atoms with Crippen LogP contribution >= 0.6 is 0 Å². The zero-order chi connectivity index (χ0) is 7.98. The largest absolute Gasteiger partial charge is 0.383 e. The maximum Gasteiger partial charge on any atom is 0.0912 e. The van der Waals surface area contributed by atoms with E-state index in [4.69, 9.17) is 5.26 Å². The Kier molecular flexibility index (Phi) is 4.06. The van der Waals surface area contributed by atoms with Gasteiger partial charge in [0.25, 0.3) is 0 Å². The Balaban J connectivity index is 3.97. The molecule has 0 heterocycles. The van der Waals surface area contributed by atoms with Crippen molar-refractivity contribution in [2.24, 2.45) is 0 Å². The van der Waals surface area contributed by atoms with Crippen molar-refractivity contribution in [3.8, 4) is 6.07 Å². The van der Waals surface area contributed by atoms with Crippen molar-refractivity contribution in [3.63, 3.8) is 0 Å². The molecule has 0 spiro atoms. The van der Waals surface area contributed by atoms with Gasteiger partial charge in [0.1, 0.15) is 0 Å². The fourth-order valence-corrected chi connectivity index (χ4v) is 0.619. The molecule has 2 heteroatoms. The summed E-state index contributed by atoms with van der Waals surface area (Å²) < 4.78 is 0. The lowest BCUT2D eigenvalue weighted by Crippen LogP contribution is -2.01. The first-order chi connectivity index (χ1) is 4.66. The van der Waals surface area contributed by atoms with Crippen molar-refractivity contribution >= 4 is 0 Å². The van der Waals surface area contributed by atoms with E-state index in [1.807, 2.05) is 38.2 Å². The minimum atomic E-state index is 1.08. The van der Waals surface area contributed by atoms with Gasteiger partial charge in [-0.15, -0.1) is 0 Å². The Morgan fingerprint density at radius 3 is 2.50 bits per heavy atom. The quantitative estimate of drug-likeness (QED) is 0.425. The van der Waals surface area contributed by atoms with Gasteiger partial charge in [-0.05, 0) is 18.6 Å². The molecular weight excluding hydrogens is 124 g/mol. The maximum atomic E-state index is 8.17. The third-order valence-electron chi connectivity index (χ3n) is 0.883. The van der Waals surface area contributed by atoms with Gasteiger partial charge in [-0.3, -0.25) is 0 Å². The average Bonchev–Trinajstić information content (AvgIpc) is 1.82. The minimum absolute atomic E-state index is 1.08. The van der Waals surface area contributed by atoms with Gasteiger partial charge in [-0.1, -0.05) is 0 Å². The van der Waals surface area contributed by atoms with Crippen LogP contribution in [0.2, 0.25) is 0 Å². The first kappa shape index (κ1) is 8.77. The van der Waals surface area contributed by atoms with Crippen molar-refractivity contribution in [3.05, 3.63) is 23.9 Å². The monoisotopic (exact) mass is 136 g/mol. The minimum Gasteiger partial charge on any atom is -0.383 e. The van der Waals surface area contributed by atoms with Crippen LogP contribution in [0.3, 0.4) is 0 Å². The summed E-state index contributed by atoms with van der Waals surface area (Å²) in [4.78, 5) is 1.94. The van der Waals surface area contributed by atoms with E-state index < -0.39 is 0 Å². The van der Waals surface area contributed by atoms with Gasteiger partial charge < -0.3 is 4.90 Å². The average molecular weight is 136 g/mol. The van der Waals surface area contributed by atoms with E-state index in [-0.39, 0.29) is 0 Å². The number of nitriles is 1. The van der Waals surface area contributed by atoms with Crippen LogP contribution in [-0.4, -0.2) is 19.0 Å². The molecule has 0 fully saturated rings. The van der Waals surface area contributed by atoms with Gasteiger partial charge >= 0.3 is 0 Å². The smallest absolute Gasteiger partial charge is 0.0912 e. The second-order valence-corrected chi connectivity index (χ2v) is 2.30. The molecule has 2 nitrogen and oxygen atoms in total. The molecule has 0 aliphatic rings. The number of nitrogens with zero attached hydrogens (tertiary/aromatic N) is 2. The fourth-order valence-electron chi connectivity index (χ4n) is 0.619. The van der Waals surface area contributed by atoms with Crippen LogP contribution in [-0.2, 0) is 0 Å². The summed E-state index contributed by atoms with van der Waals surface area (Å²) in [6.07, 6.45) is 5.20. The zero-order valence-corrected chi connectivity index (χ0v) is 6.63. The van der Waals surface area contributed by atoms with E-state index in [1.54, 1.807) is 6.08 Å². The molecule has 0 aliphatic heterocycles. The van der Waals surface area contributed by atoms with Crippen molar-refractivity contribution in [1.82, 2.24) is 4.90 Å². The summed E-state index contributed by atoms with van der Waals surface area (Å²) in [5, 5.41) is 8.17. The highest BCUT2D eigenvalue weighted by Gasteiger charge is 1.81. The number of hydrogen-bond donors (Lipinski definition) is 0. The highest BCUT2D eigenvalue weighted by atomic mass is 15.0. The first-order valence-electron chi connectivity index (χ1n) is 3.08. The maximum absolute atomic E-state index is 8.17. The lowest BCUT2D eigenvalue weighted by atomic mass is 10.3. The Morgan fingerprint density at radius 2 is 2.10 bits per heavy atom. The lowest BCUT2D eigenvalue weighted by Gasteiger charge is -2.04. The first-order valence-corrected chi connectivity index (χ1v) is 3.08. The van der Waals surface area contributed by atoms with Crippen molar-refractivity contribution in [1.29, 1.82) is 5.26 Å². The third-order valence-corrected chi connectivity index (χ3v) is 0.883. The van der Waals surface area contributed by atoms with Crippen LogP contribution in [0.1, 0.15) is 6.92 Å². The van der Waals surface area contributed by atoms with Gasteiger partial charge in [0.15, 0.2) is 0 Å². The Labute approximate surface area is 62.1 Å². The summed E-state index contributed by atoms with van der Waals surface area (Å²) in [5.74, 6) is 0. The second-order valence-electron chi connectivity index (χ2n) is 2.30. The normalized spacial score (nSPS) is 11.6. The number of allylic oxidation sites excluding steroid dienone is 3. The third kappa shape index (κ3) is 4.92. The van der Waals surface area contributed by atoms with Crippen LogP contribution < -0.4 is 0 Å². The summed E-state index contributed by atoms with van der Waals surface area (Å²) in [6.45, 7) is 1.95. The lowest BCUT2D eigenvalue weighted by molar-refractivity contribution is 0.560. The Morgan fingerprint density at radius 1 is 1.50 bits per heavy atom. The van der Waals surface area contributed by atoms with Crippen LogP contribution in [0.15, 0.2) is 23.9 Å². The van der Waals surface area contributed by atoms with Crippen LogP contribution in [0, 0.1) is 11.3 Å². The molecule has 0 N–H and O–H groups in total. The summed E-state index contributed by atoms with van der Waals surface area (Å²) in [5.41, 5.74) is 1.08.